The lowest BCUT2D eigenvalue weighted by Crippen LogP contribution is -2.03. The lowest BCUT2D eigenvalue weighted by atomic mass is 10.1. The minimum atomic E-state index is -0.665. The molecule has 0 saturated heterocycles. The first kappa shape index (κ1) is 22.8. The first-order valence-electron chi connectivity index (χ1n) is 10.3. The Labute approximate surface area is 206 Å². The quantitative estimate of drug-likeness (QED) is 0.222. The van der Waals surface area contributed by atoms with Gasteiger partial charge < -0.3 is 23.8 Å². The summed E-state index contributed by atoms with van der Waals surface area (Å²) in [7, 11) is 0. The second-order valence-electron chi connectivity index (χ2n) is 7.63. The summed E-state index contributed by atoms with van der Waals surface area (Å²) in [6, 6.07) is 11.3. The summed E-state index contributed by atoms with van der Waals surface area (Å²) < 4.78 is 18.2. The Morgan fingerprint density at radius 2 is 1.94 bits per heavy atom. The van der Waals surface area contributed by atoms with Crippen molar-refractivity contribution in [2.75, 3.05) is 0 Å². The van der Waals surface area contributed by atoms with E-state index in [1.54, 1.807) is 37.3 Å². The number of carbonyl (C=O) groups excluding carboxylic acids is 2. The van der Waals surface area contributed by atoms with Gasteiger partial charge in [0.2, 0.25) is 11.7 Å². The number of nitrogens with zero attached hydrogens (tertiary/aromatic N) is 2. The fourth-order valence-electron chi connectivity index (χ4n) is 3.60. The highest BCUT2D eigenvalue weighted by Gasteiger charge is 2.33. The number of aromatic hydroxyl groups is 2. The number of ether oxygens (including phenoxy) is 1. The topological polar surface area (TPSA) is 128 Å². The van der Waals surface area contributed by atoms with Gasteiger partial charge in [-0.3, -0.25) is 9.59 Å². The van der Waals surface area contributed by atoms with E-state index in [2.05, 4.69) is 4.98 Å². The molecule has 0 atom stereocenters. The van der Waals surface area contributed by atoms with E-state index in [1.807, 2.05) is 0 Å². The molecule has 5 rings (SSSR count). The van der Waals surface area contributed by atoms with Crippen molar-refractivity contribution in [2.24, 2.45) is 0 Å². The summed E-state index contributed by atoms with van der Waals surface area (Å²) >= 11 is 7.30. The maximum absolute atomic E-state index is 13.4. The number of fused-ring (bicyclic) bond motifs is 1. The van der Waals surface area contributed by atoms with Crippen LogP contribution in [-0.4, -0.2) is 31.5 Å². The number of carbonyl (C=O) groups is 2. The van der Waals surface area contributed by atoms with E-state index in [1.165, 1.54) is 35.0 Å². The third kappa shape index (κ3) is 4.07. The number of aromatic nitrogens is 2. The molecule has 178 valence electrons. The smallest absolute Gasteiger partial charge is 0.303 e. The van der Waals surface area contributed by atoms with Crippen molar-refractivity contribution in [3.05, 3.63) is 70.3 Å². The number of aryl methyl sites for hydroxylation is 1. The van der Waals surface area contributed by atoms with Gasteiger partial charge >= 0.3 is 5.97 Å². The molecule has 35 heavy (non-hydrogen) atoms. The van der Waals surface area contributed by atoms with Crippen LogP contribution in [0.2, 0.25) is 5.02 Å². The molecular weight excluding hydrogens is 496 g/mol. The van der Waals surface area contributed by atoms with Crippen LogP contribution in [0, 0.1) is 6.92 Å². The molecule has 0 fully saturated rings. The second kappa shape index (κ2) is 8.64. The van der Waals surface area contributed by atoms with Gasteiger partial charge in [0, 0.05) is 11.9 Å². The Hall–Kier alpha value is -4.02. The summed E-state index contributed by atoms with van der Waals surface area (Å²) in [4.78, 5) is 29.1. The van der Waals surface area contributed by atoms with Gasteiger partial charge in [-0.25, -0.2) is 9.55 Å². The van der Waals surface area contributed by atoms with E-state index < -0.39 is 23.4 Å². The number of rotatable bonds is 6. The van der Waals surface area contributed by atoms with Crippen LogP contribution >= 0.6 is 22.9 Å². The Bertz CT molecular complexity index is 1610. The number of thiazole rings is 1. The molecule has 0 saturated carbocycles. The van der Waals surface area contributed by atoms with E-state index in [4.69, 9.17) is 25.2 Å². The van der Waals surface area contributed by atoms with Crippen LogP contribution in [0.15, 0.2) is 51.3 Å². The van der Waals surface area contributed by atoms with Crippen molar-refractivity contribution < 1.29 is 33.4 Å². The standard InChI is InChI=1S/C24H17ClN2O7S/c1-11-3-7-17(33-11)21(29)19-20(16-8-5-14(34-16)10-32-12(2)28)27(23(31)22(19)30)24-26-15-6-4-13(25)9-18(15)35-24/h3-9,30-31H,10H2,1-2H3. The first-order valence-corrected chi connectivity index (χ1v) is 11.5. The summed E-state index contributed by atoms with van der Waals surface area (Å²) in [6.07, 6.45) is 0. The molecule has 1 aromatic carbocycles. The van der Waals surface area contributed by atoms with Crippen molar-refractivity contribution in [2.45, 2.75) is 20.5 Å². The zero-order valence-electron chi connectivity index (χ0n) is 18.4. The van der Waals surface area contributed by atoms with Gasteiger partial charge in [-0.1, -0.05) is 22.9 Å². The van der Waals surface area contributed by atoms with Gasteiger partial charge in [0.15, 0.2) is 22.4 Å². The third-order valence-electron chi connectivity index (χ3n) is 5.16. The molecule has 2 N–H and O–H groups in total. The minimum absolute atomic E-state index is 0.0287. The predicted octanol–water partition coefficient (Wildman–Crippen LogP) is 5.61. The molecule has 0 aliphatic heterocycles. The van der Waals surface area contributed by atoms with Gasteiger partial charge in [-0.05, 0) is 49.4 Å². The molecular formula is C24H17ClN2O7S. The largest absolute Gasteiger partial charge is 0.503 e. The SMILES string of the molecule is CC(=O)OCc1ccc(-c2c(C(=O)c3ccc(C)o3)c(O)c(O)n2-c2nc3ccc(Cl)cc3s2)o1. The Morgan fingerprint density at radius 1 is 1.14 bits per heavy atom. The van der Waals surface area contributed by atoms with Crippen molar-refractivity contribution in [3.63, 3.8) is 0 Å². The lowest BCUT2D eigenvalue weighted by molar-refractivity contribution is -0.142. The van der Waals surface area contributed by atoms with Crippen LogP contribution in [0.4, 0.5) is 0 Å². The van der Waals surface area contributed by atoms with Crippen molar-refractivity contribution in [1.29, 1.82) is 0 Å². The molecule has 0 aliphatic carbocycles. The van der Waals surface area contributed by atoms with Gasteiger partial charge in [0.25, 0.3) is 0 Å². The zero-order valence-corrected chi connectivity index (χ0v) is 19.9. The number of hydrogen-bond acceptors (Lipinski definition) is 9. The average Bonchev–Trinajstić information content (AvgIpc) is 3.58. The Morgan fingerprint density at radius 3 is 2.66 bits per heavy atom. The molecule has 11 heteroatoms. The number of esters is 1. The number of hydrogen-bond donors (Lipinski definition) is 2. The van der Waals surface area contributed by atoms with E-state index in [0.29, 0.717) is 22.1 Å². The van der Waals surface area contributed by atoms with Gasteiger partial charge in [0.05, 0.1) is 10.2 Å². The van der Waals surface area contributed by atoms with Crippen LogP contribution in [0.1, 0.15) is 34.6 Å². The summed E-state index contributed by atoms with van der Waals surface area (Å²) in [5, 5.41) is 22.6. The summed E-state index contributed by atoms with van der Waals surface area (Å²) in [5.41, 5.74) is 0.429. The number of ketones is 1. The molecule has 0 amide bonds. The van der Waals surface area contributed by atoms with Crippen LogP contribution in [0.5, 0.6) is 11.6 Å². The maximum Gasteiger partial charge on any atom is 0.303 e. The number of halogens is 1. The van der Waals surface area contributed by atoms with Crippen LogP contribution in [0.25, 0.3) is 26.8 Å². The highest BCUT2D eigenvalue weighted by molar-refractivity contribution is 7.20. The van der Waals surface area contributed by atoms with Crippen LogP contribution < -0.4 is 0 Å². The summed E-state index contributed by atoms with van der Waals surface area (Å²) in [6.45, 7) is 2.82. The lowest BCUT2D eigenvalue weighted by Gasteiger charge is -2.06. The molecule has 0 unspecified atom stereocenters. The Kier molecular flexibility index (Phi) is 5.62. The number of benzene rings is 1. The molecule has 0 spiro atoms. The van der Waals surface area contributed by atoms with Gasteiger partial charge in [0.1, 0.15) is 29.4 Å². The number of furan rings is 2. The van der Waals surface area contributed by atoms with Gasteiger partial charge in [-0.15, -0.1) is 0 Å². The molecule has 0 bridgehead atoms. The second-order valence-corrected chi connectivity index (χ2v) is 9.07. The van der Waals surface area contributed by atoms with Crippen LogP contribution in [-0.2, 0) is 16.1 Å². The highest BCUT2D eigenvalue weighted by Crippen LogP contribution is 2.45. The highest BCUT2D eigenvalue weighted by atomic mass is 35.5. The minimum Gasteiger partial charge on any atom is -0.503 e. The van der Waals surface area contributed by atoms with Crippen molar-refractivity contribution in [3.8, 4) is 28.2 Å². The molecule has 4 aromatic heterocycles. The molecule has 5 aromatic rings. The zero-order chi connectivity index (χ0) is 24.9. The monoisotopic (exact) mass is 512 g/mol. The molecule has 0 radical (unpaired) electrons. The van der Waals surface area contributed by atoms with Crippen molar-refractivity contribution >= 4 is 44.9 Å². The van der Waals surface area contributed by atoms with E-state index >= 15 is 0 Å². The first-order chi connectivity index (χ1) is 16.7. The fraction of sp³-hybridized carbons (Fsp3) is 0.125. The predicted molar refractivity (Wildman–Crippen MR) is 127 cm³/mol. The molecule has 9 nitrogen and oxygen atoms in total. The van der Waals surface area contributed by atoms with E-state index in [9.17, 15) is 19.8 Å². The third-order valence-corrected chi connectivity index (χ3v) is 6.39. The fourth-order valence-corrected chi connectivity index (χ4v) is 4.85. The Balaban J connectivity index is 1.73. The van der Waals surface area contributed by atoms with E-state index in [-0.39, 0.29) is 34.5 Å². The normalized spacial score (nSPS) is 11.3. The van der Waals surface area contributed by atoms with Crippen LogP contribution in [0.3, 0.4) is 0 Å². The molecule has 4 heterocycles. The molecule has 0 aliphatic rings. The average molecular weight is 513 g/mol. The van der Waals surface area contributed by atoms with Gasteiger partial charge in [-0.2, -0.15) is 0 Å². The van der Waals surface area contributed by atoms with E-state index in [0.717, 1.165) is 4.70 Å². The summed E-state index contributed by atoms with van der Waals surface area (Å²) in [5.74, 6) is -1.51. The van der Waals surface area contributed by atoms with Crippen molar-refractivity contribution in [1.82, 2.24) is 9.55 Å². The maximum atomic E-state index is 13.4.